The van der Waals surface area contributed by atoms with E-state index in [0.29, 0.717) is 5.69 Å². The molecule has 1 aliphatic rings. The summed E-state index contributed by atoms with van der Waals surface area (Å²) in [5.41, 5.74) is 0.435. The quantitative estimate of drug-likeness (QED) is 0.922. The summed E-state index contributed by atoms with van der Waals surface area (Å²) >= 11 is 0. The number of halogens is 1. The van der Waals surface area contributed by atoms with Crippen LogP contribution in [0.25, 0.3) is 0 Å². The van der Waals surface area contributed by atoms with Crippen LogP contribution in [-0.2, 0) is 9.59 Å². The highest BCUT2D eigenvalue weighted by atomic mass is 19.1. The lowest BCUT2D eigenvalue weighted by Gasteiger charge is -2.28. The minimum Gasteiger partial charge on any atom is -0.480 e. The van der Waals surface area contributed by atoms with E-state index in [1.54, 1.807) is 0 Å². The zero-order valence-corrected chi connectivity index (χ0v) is 11.2. The highest BCUT2D eigenvalue weighted by Crippen LogP contribution is 2.27. The van der Waals surface area contributed by atoms with Gasteiger partial charge in [-0.15, -0.1) is 0 Å². The van der Waals surface area contributed by atoms with Crippen LogP contribution in [0.2, 0.25) is 0 Å². The summed E-state index contributed by atoms with van der Waals surface area (Å²) in [6.45, 7) is -0.388. The highest BCUT2D eigenvalue weighted by molar-refractivity contribution is 5.98. The van der Waals surface area contributed by atoms with Crippen molar-refractivity contribution in [2.75, 3.05) is 11.4 Å². The fourth-order valence-electron chi connectivity index (χ4n) is 2.62. The van der Waals surface area contributed by atoms with E-state index >= 15 is 0 Å². The predicted molar refractivity (Wildman–Crippen MR) is 73.0 cm³/mol. The van der Waals surface area contributed by atoms with Gasteiger partial charge in [0.15, 0.2) is 0 Å². The van der Waals surface area contributed by atoms with E-state index in [4.69, 9.17) is 5.11 Å². The molecule has 0 aromatic heterocycles. The van der Waals surface area contributed by atoms with Gasteiger partial charge in [-0.05, 0) is 37.1 Å². The first-order valence-electron chi connectivity index (χ1n) is 6.86. The van der Waals surface area contributed by atoms with Gasteiger partial charge >= 0.3 is 5.97 Å². The third-order valence-corrected chi connectivity index (χ3v) is 3.65. The van der Waals surface area contributed by atoms with Crippen molar-refractivity contribution in [1.82, 2.24) is 0 Å². The Morgan fingerprint density at radius 1 is 1.15 bits per heavy atom. The fourth-order valence-corrected chi connectivity index (χ4v) is 2.62. The molecular weight excluding hydrogens is 261 g/mol. The molecule has 108 valence electrons. The van der Waals surface area contributed by atoms with Gasteiger partial charge in [-0.2, -0.15) is 0 Å². The highest BCUT2D eigenvalue weighted by Gasteiger charge is 2.28. The zero-order chi connectivity index (χ0) is 14.5. The van der Waals surface area contributed by atoms with Crippen LogP contribution in [0, 0.1) is 11.7 Å². The Bertz CT molecular complexity index is 480. The number of amides is 1. The number of carbonyl (C=O) groups excluding carboxylic acids is 1. The second kappa shape index (κ2) is 6.50. The van der Waals surface area contributed by atoms with Crippen molar-refractivity contribution >= 4 is 17.6 Å². The number of hydrogen-bond donors (Lipinski definition) is 1. The molecule has 1 aromatic carbocycles. The normalized spacial score (nSPS) is 15.8. The van der Waals surface area contributed by atoms with Crippen molar-refractivity contribution in [1.29, 1.82) is 0 Å². The lowest BCUT2D eigenvalue weighted by molar-refractivity contribution is -0.137. The number of rotatable bonds is 4. The second-order valence-corrected chi connectivity index (χ2v) is 5.13. The number of carboxylic acid groups (broad SMARTS) is 1. The van der Waals surface area contributed by atoms with Gasteiger partial charge in [-0.25, -0.2) is 4.39 Å². The molecule has 5 heteroatoms. The Kier molecular flexibility index (Phi) is 4.71. The molecular formula is C15H18FNO3. The van der Waals surface area contributed by atoms with Gasteiger partial charge in [0.2, 0.25) is 5.91 Å². The monoisotopic (exact) mass is 279 g/mol. The van der Waals surface area contributed by atoms with E-state index in [1.807, 2.05) is 0 Å². The maximum atomic E-state index is 12.9. The number of carbonyl (C=O) groups is 2. The van der Waals surface area contributed by atoms with E-state index in [9.17, 15) is 14.0 Å². The summed E-state index contributed by atoms with van der Waals surface area (Å²) in [7, 11) is 0. The smallest absolute Gasteiger partial charge is 0.323 e. The average Bonchev–Trinajstić information content (AvgIpc) is 2.46. The SMILES string of the molecule is O=C(O)CN(C(=O)C1CCCCC1)c1ccc(F)cc1. The summed E-state index contributed by atoms with van der Waals surface area (Å²) in [5.74, 6) is -1.76. The first-order chi connectivity index (χ1) is 9.58. The zero-order valence-electron chi connectivity index (χ0n) is 11.2. The van der Waals surface area contributed by atoms with Crippen molar-refractivity contribution in [2.45, 2.75) is 32.1 Å². The van der Waals surface area contributed by atoms with E-state index in [0.717, 1.165) is 32.1 Å². The lowest BCUT2D eigenvalue weighted by Crippen LogP contribution is -2.40. The van der Waals surface area contributed by atoms with Gasteiger partial charge in [0.25, 0.3) is 0 Å². The lowest BCUT2D eigenvalue weighted by atomic mass is 9.88. The molecule has 4 nitrogen and oxygen atoms in total. The number of hydrogen-bond acceptors (Lipinski definition) is 2. The number of aliphatic carboxylic acids is 1. The first-order valence-corrected chi connectivity index (χ1v) is 6.86. The molecule has 0 atom stereocenters. The minimum absolute atomic E-state index is 0.117. The van der Waals surface area contributed by atoms with Gasteiger partial charge in [0.05, 0.1) is 0 Å². The van der Waals surface area contributed by atoms with Gasteiger partial charge < -0.3 is 10.0 Å². The molecule has 20 heavy (non-hydrogen) atoms. The molecule has 1 aliphatic carbocycles. The van der Waals surface area contributed by atoms with Crippen LogP contribution in [0.3, 0.4) is 0 Å². The molecule has 0 bridgehead atoms. The average molecular weight is 279 g/mol. The minimum atomic E-state index is -1.07. The summed E-state index contributed by atoms with van der Waals surface area (Å²) in [6, 6.07) is 5.36. The van der Waals surface area contributed by atoms with Crippen LogP contribution in [0.5, 0.6) is 0 Å². The molecule has 0 unspecified atom stereocenters. The van der Waals surface area contributed by atoms with E-state index in [-0.39, 0.29) is 18.4 Å². The van der Waals surface area contributed by atoms with Crippen LogP contribution in [0.1, 0.15) is 32.1 Å². The summed E-state index contributed by atoms with van der Waals surface area (Å²) in [6.07, 6.45) is 4.73. The Balaban J connectivity index is 2.19. The first kappa shape index (κ1) is 14.5. The third-order valence-electron chi connectivity index (χ3n) is 3.65. The van der Waals surface area contributed by atoms with Crippen LogP contribution in [-0.4, -0.2) is 23.5 Å². The van der Waals surface area contributed by atoms with Crippen LogP contribution >= 0.6 is 0 Å². The second-order valence-electron chi connectivity index (χ2n) is 5.13. The maximum Gasteiger partial charge on any atom is 0.323 e. The van der Waals surface area contributed by atoms with Crippen LogP contribution < -0.4 is 4.90 Å². The van der Waals surface area contributed by atoms with Gasteiger partial charge in [-0.1, -0.05) is 19.3 Å². The molecule has 1 amide bonds. The van der Waals surface area contributed by atoms with Crippen molar-refractivity contribution in [2.24, 2.45) is 5.92 Å². The molecule has 2 rings (SSSR count). The van der Waals surface area contributed by atoms with Gasteiger partial charge in [0.1, 0.15) is 12.4 Å². The largest absolute Gasteiger partial charge is 0.480 e. The Hall–Kier alpha value is -1.91. The molecule has 1 saturated carbocycles. The number of anilines is 1. The van der Waals surface area contributed by atoms with Crippen LogP contribution in [0.15, 0.2) is 24.3 Å². The van der Waals surface area contributed by atoms with Crippen molar-refractivity contribution in [3.63, 3.8) is 0 Å². The molecule has 1 N–H and O–H groups in total. The molecule has 0 radical (unpaired) electrons. The van der Waals surface area contributed by atoms with Crippen molar-refractivity contribution < 1.29 is 19.1 Å². The number of nitrogens with zero attached hydrogens (tertiary/aromatic N) is 1. The molecule has 0 heterocycles. The van der Waals surface area contributed by atoms with E-state index in [2.05, 4.69) is 0 Å². The molecule has 0 saturated heterocycles. The Labute approximate surface area is 117 Å². The Morgan fingerprint density at radius 3 is 2.30 bits per heavy atom. The molecule has 1 fully saturated rings. The standard InChI is InChI=1S/C15H18FNO3/c16-12-6-8-13(9-7-12)17(10-14(18)19)15(20)11-4-2-1-3-5-11/h6-9,11H,1-5,10H2,(H,18,19). The molecule has 0 spiro atoms. The molecule has 1 aromatic rings. The third kappa shape index (κ3) is 3.56. The van der Waals surface area contributed by atoms with Crippen molar-refractivity contribution in [3.8, 4) is 0 Å². The topological polar surface area (TPSA) is 57.6 Å². The van der Waals surface area contributed by atoms with Crippen molar-refractivity contribution in [3.05, 3.63) is 30.1 Å². The fraction of sp³-hybridized carbons (Fsp3) is 0.467. The van der Waals surface area contributed by atoms with E-state index < -0.39 is 11.8 Å². The molecule has 0 aliphatic heterocycles. The summed E-state index contributed by atoms with van der Waals surface area (Å²) in [5, 5.41) is 8.98. The summed E-state index contributed by atoms with van der Waals surface area (Å²) in [4.78, 5) is 24.7. The number of benzene rings is 1. The van der Waals surface area contributed by atoms with Gasteiger partial charge in [0, 0.05) is 11.6 Å². The maximum absolute atomic E-state index is 12.9. The van der Waals surface area contributed by atoms with E-state index in [1.165, 1.54) is 29.2 Å². The van der Waals surface area contributed by atoms with Gasteiger partial charge in [-0.3, -0.25) is 9.59 Å². The Morgan fingerprint density at radius 2 is 1.75 bits per heavy atom. The predicted octanol–water partition coefficient (Wildman–Crippen LogP) is 2.82. The van der Waals surface area contributed by atoms with Crippen LogP contribution in [0.4, 0.5) is 10.1 Å². The summed E-state index contributed by atoms with van der Waals surface area (Å²) < 4.78 is 12.9. The number of carboxylic acids is 1.